The van der Waals surface area contributed by atoms with Crippen LogP contribution in [0.2, 0.25) is 0 Å². The summed E-state index contributed by atoms with van der Waals surface area (Å²) in [7, 11) is 1.86. The second kappa shape index (κ2) is 3.38. The molecule has 14 heavy (non-hydrogen) atoms. The van der Waals surface area contributed by atoms with Crippen molar-refractivity contribution in [2.75, 3.05) is 0 Å². The van der Waals surface area contributed by atoms with Crippen LogP contribution in [0.4, 0.5) is 0 Å². The summed E-state index contributed by atoms with van der Waals surface area (Å²) in [6.07, 6.45) is 3.65. The zero-order chi connectivity index (χ0) is 10.1. The number of aromatic hydroxyl groups is 1. The third-order valence-electron chi connectivity index (χ3n) is 2.01. The average molecular weight is 206 g/mol. The lowest BCUT2D eigenvalue weighted by molar-refractivity contribution is 0.463. The lowest BCUT2D eigenvalue weighted by Crippen LogP contribution is -1.84. The summed E-state index contributed by atoms with van der Waals surface area (Å²) in [5.74, 6) is 0.190. The Balaban J connectivity index is 2.47. The zero-order valence-electron chi connectivity index (χ0n) is 7.68. The number of hydrogen-bond acceptors (Lipinski definition) is 3. The highest BCUT2D eigenvalue weighted by atomic mass is 32.1. The molecule has 0 radical (unpaired) electrons. The summed E-state index contributed by atoms with van der Waals surface area (Å²) in [6.45, 7) is 0. The molecule has 0 atom stereocenters. The van der Waals surface area contributed by atoms with Crippen LogP contribution in [0.25, 0.3) is 11.1 Å². The molecule has 1 aromatic carbocycles. The zero-order valence-corrected chi connectivity index (χ0v) is 8.57. The van der Waals surface area contributed by atoms with Crippen molar-refractivity contribution in [1.29, 1.82) is 0 Å². The molecule has 3 nitrogen and oxygen atoms in total. The van der Waals surface area contributed by atoms with Crippen LogP contribution >= 0.6 is 12.6 Å². The van der Waals surface area contributed by atoms with E-state index in [0.717, 1.165) is 11.1 Å². The van der Waals surface area contributed by atoms with E-state index in [2.05, 4.69) is 17.7 Å². The molecule has 0 aliphatic carbocycles. The van der Waals surface area contributed by atoms with Crippen LogP contribution in [0.3, 0.4) is 0 Å². The maximum Gasteiger partial charge on any atom is 0.129 e. The quantitative estimate of drug-likeness (QED) is 0.701. The van der Waals surface area contributed by atoms with E-state index in [-0.39, 0.29) is 5.75 Å². The number of aromatic nitrogens is 2. The van der Waals surface area contributed by atoms with Crippen LogP contribution in [0.1, 0.15) is 0 Å². The van der Waals surface area contributed by atoms with Gasteiger partial charge in [-0.3, -0.25) is 4.68 Å². The summed E-state index contributed by atoms with van der Waals surface area (Å²) < 4.78 is 1.72. The summed E-state index contributed by atoms with van der Waals surface area (Å²) in [5, 5.41) is 13.5. The number of thiol groups is 1. The molecule has 0 fully saturated rings. The number of benzene rings is 1. The lowest BCUT2D eigenvalue weighted by atomic mass is 10.1. The number of aryl methyl sites for hydroxylation is 1. The van der Waals surface area contributed by atoms with Gasteiger partial charge in [0.15, 0.2) is 0 Å². The van der Waals surface area contributed by atoms with Crippen LogP contribution in [0.5, 0.6) is 5.75 Å². The van der Waals surface area contributed by atoms with E-state index in [1.165, 1.54) is 0 Å². The number of hydrogen-bond donors (Lipinski definition) is 2. The Bertz CT molecular complexity index is 465. The van der Waals surface area contributed by atoms with Crippen LogP contribution in [-0.4, -0.2) is 14.9 Å². The highest BCUT2D eigenvalue weighted by Crippen LogP contribution is 2.27. The minimum atomic E-state index is 0.190. The van der Waals surface area contributed by atoms with E-state index < -0.39 is 0 Å². The summed E-state index contributed by atoms with van der Waals surface area (Å²) in [4.78, 5) is 0.581. The van der Waals surface area contributed by atoms with Crippen LogP contribution < -0.4 is 0 Å². The normalized spacial score (nSPS) is 10.4. The van der Waals surface area contributed by atoms with Gasteiger partial charge in [0.2, 0.25) is 0 Å². The smallest absolute Gasteiger partial charge is 0.129 e. The molecule has 1 N–H and O–H groups in total. The van der Waals surface area contributed by atoms with Gasteiger partial charge in [-0.1, -0.05) is 6.07 Å². The largest absolute Gasteiger partial charge is 0.507 e. The predicted molar refractivity (Wildman–Crippen MR) is 57.6 cm³/mol. The van der Waals surface area contributed by atoms with Crippen molar-refractivity contribution in [2.45, 2.75) is 4.90 Å². The first-order chi connectivity index (χ1) is 6.66. The van der Waals surface area contributed by atoms with E-state index in [4.69, 9.17) is 0 Å². The summed E-state index contributed by atoms with van der Waals surface area (Å²) >= 11 is 4.09. The third-order valence-corrected chi connectivity index (χ3v) is 2.39. The molecule has 72 valence electrons. The number of nitrogens with zero attached hydrogens (tertiary/aromatic N) is 2. The van der Waals surface area contributed by atoms with Gasteiger partial charge in [0.05, 0.1) is 6.20 Å². The molecule has 0 unspecified atom stereocenters. The lowest BCUT2D eigenvalue weighted by Gasteiger charge is -2.00. The third kappa shape index (κ3) is 1.61. The molecule has 0 aliphatic rings. The maximum atomic E-state index is 9.46. The van der Waals surface area contributed by atoms with E-state index >= 15 is 0 Å². The SMILES string of the molecule is Cn1cc(-c2ccc(S)c(O)c2)cn1. The Morgan fingerprint density at radius 2 is 2.14 bits per heavy atom. The summed E-state index contributed by atoms with van der Waals surface area (Å²) in [5.41, 5.74) is 1.92. The van der Waals surface area contributed by atoms with Gasteiger partial charge in [0.25, 0.3) is 0 Å². The Morgan fingerprint density at radius 1 is 1.36 bits per heavy atom. The topological polar surface area (TPSA) is 38.0 Å². The molecular formula is C10H10N2OS. The van der Waals surface area contributed by atoms with Gasteiger partial charge >= 0.3 is 0 Å². The van der Waals surface area contributed by atoms with Crippen molar-refractivity contribution in [3.8, 4) is 16.9 Å². The monoisotopic (exact) mass is 206 g/mol. The first-order valence-electron chi connectivity index (χ1n) is 4.18. The van der Waals surface area contributed by atoms with Gasteiger partial charge < -0.3 is 5.11 Å². The predicted octanol–water partition coefficient (Wildman–Crippen LogP) is 2.08. The Labute approximate surface area is 87.4 Å². The Hall–Kier alpha value is -1.42. The van der Waals surface area contributed by atoms with Crippen molar-refractivity contribution in [3.63, 3.8) is 0 Å². The Morgan fingerprint density at radius 3 is 2.71 bits per heavy atom. The van der Waals surface area contributed by atoms with Gasteiger partial charge in [0.1, 0.15) is 5.75 Å². The minimum Gasteiger partial charge on any atom is -0.507 e. The van der Waals surface area contributed by atoms with E-state index in [9.17, 15) is 5.11 Å². The molecule has 0 saturated heterocycles. The molecule has 1 aromatic heterocycles. The molecule has 2 rings (SSSR count). The van der Waals surface area contributed by atoms with Crippen molar-refractivity contribution >= 4 is 12.6 Å². The van der Waals surface area contributed by atoms with E-state index in [1.807, 2.05) is 19.3 Å². The first kappa shape index (κ1) is 9.15. The standard InChI is InChI=1S/C10H10N2OS/c1-12-6-8(5-11-12)7-2-3-10(14)9(13)4-7/h2-6,13-14H,1H3. The molecule has 2 aromatic rings. The molecule has 0 spiro atoms. The van der Waals surface area contributed by atoms with Crippen LogP contribution in [0.15, 0.2) is 35.5 Å². The molecule has 4 heteroatoms. The van der Waals surface area contributed by atoms with Crippen LogP contribution in [0, 0.1) is 0 Å². The fourth-order valence-corrected chi connectivity index (χ4v) is 1.41. The number of phenolic OH excluding ortho intramolecular Hbond substituents is 1. The minimum absolute atomic E-state index is 0.190. The molecule has 0 amide bonds. The fraction of sp³-hybridized carbons (Fsp3) is 0.100. The second-order valence-electron chi connectivity index (χ2n) is 3.11. The number of rotatable bonds is 1. The Kier molecular flexibility index (Phi) is 2.21. The molecular weight excluding hydrogens is 196 g/mol. The van der Waals surface area contributed by atoms with Gasteiger partial charge in [-0.25, -0.2) is 0 Å². The highest BCUT2D eigenvalue weighted by molar-refractivity contribution is 7.80. The van der Waals surface area contributed by atoms with Crippen molar-refractivity contribution in [2.24, 2.45) is 7.05 Å². The molecule has 1 heterocycles. The van der Waals surface area contributed by atoms with Gasteiger partial charge in [0, 0.05) is 23.7 Å². The second-order valence-corrected chi connectivity index (χ2v) is 3.59. The van der Waals surface area contributed by atoms with Gasteiger partial charge in [-0.15, -0.1) is 12.6 Å². The first-order valence-corrected chi connectivity index (χ1v) is 4.62. The molecule has 0 aliphatic heterocycles. The average Bonchev–Trinajstić information content (AvgIpc) is 2.57. The molecule has 0 saturated carbocycles. The van der Waals surface area contributed by atoms with Crippen molar-refractivity contribution in [3.05, 3.63) is 30.6 Å². The van der Waals surface area contributed by atoms with Gasteiger partial charge in [-0.05, 0) is 17.7 Å². The molecule has 0 bridgehead atoms. The van der Waals surface area contributed by atoms with E-state index in [0.29, 0.717) is 4.90 Å². The highest BCUT2D eigenvalue weighted by Gasteiger charge is 2.03. The van der Waals surface area contributed by atoms with Crippen molar-refractivity contribution < 1.29 is 5.11 Å². The summed E-state index contributed by atoms with van der Waals surface area (Å²) in [6, 6.07) is 5.35. The van der Waals surface area contributed by atoms with E-state index in [1.54, 1.807) is 23.0 Å². The number of phenols is 1. The van der Waals surface area contributed by atoms with Crippen LogP contribution in [-0.2, 0) is 7.05 Å². The fourth-order valence-electron chi connectivity index (χ4n) is 1.27. The van der Waals surface area contributed by atoms with Gasteiger partial charge in [-0.2, -0.15) is 5.10 Å². The van der Waals surface area contributed by atoms with Crippen molar-refractivity contribution in [1.82, 2.24) is 9.78 Å². The maximum absolute atomic E-state index is 9.46.